The topological polar surface area (TPSA) is 99.8 Å². The lowest BCUT2D eigenvalue weighted by Crippen LogP contribution is -2.31. The van der Waals surface area contributed by atoms with E-state index in [2.05, 4.69) is 5.32 Å². The molecule has 2 heterocycles. The van der Waals surface area contributed by atoms with E-state index >= 15 is 0 Å². The molecule has 1 unspecified atom stereocenters. The van der Waals surface area contributed by atoms with Crippen molar-refractivity contribution in [1.82, 2.24) is 0 Å². The molecule has 20 heavy (non-hydrogen) atoms. The predicted octanol–water partition coefficient (Wildman–Crippen LogP) is 2.78. The third kappa shape index (κ3) is 1.87. The molecule has 0 spiro atoms. The van der Waals surface area contributed by atoms with Crippen LogP contribution in [-0.4, -0.2) is 22.2 Å². The lowest BCUT2D eigenvalue weighted by molar-refractivity contribution is -0.133. The van der Waals surface area contributed by atoms with Crippen LogP contribution >= 0.6 is 11.6 Å². The molecule has 0 saturated heterocycles. The molecule has 1 aliphatic rings. The Kier molecular flexibility index (Phi) is 3.52. The van der Waals surface area contributed by atoms with Crippen molar-refractivity contribution in [3.8, 4) is 0 Å². The van der Waals surface area contributed by atoms with E-state index in [1.54, 1.807) is 13.8 Å². The number of carboxylic acids is 2. The molecule has 7 heteroatoms. The molecule has 6 nitrogen and oxygen atoms in total. The maximum Gasteiger partial charge on any atom is 0.372 e. The third-order valence-electron chi connectivity index (χ3n) is 3.44. The number of carboxylic acid groups (broad SMARTS) is 2. The summed E-state index contributed by atoms with van der Waals surface area (Å²) >= 11 is 6.51. The minimum absolute atomic E-state index is 0.0263. The van der Waals surface area contributed by atoms with Crippen molar-refractivity contribution in [2.45, 2.75) is 31.6 Å². The van der Waals surface area contributed by atoms with Gasteiger partial charge in [-0.05, 0) is 12.8 Å². The molecule has 0 aliphatic carbocycles. The Morgan fingerprint density at radius 2 is 2.00 bits per heavy atom. The zero-order chi connectivity index (χ0) is 15.1. The number of hydrogen-bond acceptors (Lipinski definition) is 4. The normalized spacial score (nSPS) is 20.9. The van der Waals surface area contributed by atoms with Crippen LogP contribution in [0.2, 0.25) is 0 Å². The van der Waals surface area contributed by atoms with Gasteiger partial charge in [-0.3, -0.25) is 0 Å². The molecule has 1 aromatic heterocycles. The van der Waals surface area contributed by atoms with Crippen molar-refractivity contribution < 1.29 is 24.2 Å². The summed E-state index contributed by atoms with van der Waals surface area (Å²) in [6.45, 7) is 3.51. The van der Waals surface area contributed by atoms with Gasteiger partial charge in [-0.1, -0.05) is 13.8 Å². The van der Waals surface area contributed by atoms with Gasteiger partial charge in [-0.15, -0.1) is 11.6 Å². The Bertz CT molecular complexity index is 619. The summed E-state index contributed by atoms with van der Waals surface area (Å²) < 4.78 is 5.28. The van der Waals surface area contributed by atoms with Gasteiger partial charge in [0.15, 0.2) is 0 Å². The quantitative estimate of drug-likeness (QED) is 0.739. The number of rotatable bonds is 4. The largest absolute Gasteiger partial charge is 0.478 e. The number of carbonyl (C=O) groups is 2. The first-order chi connectivity index (χ1) is 9.36. The van der Waals surface area contributed by atoms with Crippen LogP contribution in [0, 0.1) is 0 Å². The summed E-state index contributed by atoms with van der Waals surface area (Å²) in [5.41, 5.74) is 0.798. The molecule has 0 aromatic carbocycles. The molecule has 1 aromatic rings. The Labute approximate surface area is 120 Å². The van der Waals surface area contributed by atoms with Crippen LogP contribution < -0.4 is 5.32 Å². The molecular weight excluding hydrogens is 286 g/mol. The molecule has 108 valence electrons. The van der Waals surface area contributed by atoms with Crippen molar-refractivity contribution in [2.75, 3.05) is 5.32 Å². The van der Waals surface area contributed by atoms with Crippen LogP contribution in [0.1, 0.15) is 41.9 Å². The summed E-state index contributed by atoms with van der Waals surface area (Å²) in [5.74, 6) is -2.37. The smallest absolute Gasteiger partial charge is 0.372 e. The van der Waals surface area contributed by atoms with Crippen molar-refractivity contribution in [3.05, 3.63) is 28.7 Å². The predicted molar refractivity (Wildman–Crippen MR) is 72.2 cm³/mol. The van der Waals surface area contributed by atoms with E-state index in [4.69, 9.17) is 21.1 Å². The monoisotopic (exact) mass is 299 g/mol. The number of nitrogens with one attached hydrogen (secondary N) is 1. The number of halogens is 1. The molecule has 0 amide bonds. The van der Waals surface area contributed by atoms with Gasteiger partial charge in [-0.2, -0.15) is 0 Å². The van der Waals surface area contributed by atoms with Crippen molar-refractivity contribution in [1.29, 1.82) is 0 Å². The van der Waals surface area contributed by atoms with Crippen LogP contribution in [-0.2, 0) is 16.1 Å². The van der Waals surface area contributed by atoms with E-state index in [0.29, 0.717) is 24.0 Å². The van der Waals surface area contributed by atoms with Gasteiger partial charge >= 0.3 is 11.9 Å². The second-order valence-corrected chi connectivity index (χ2v) is 5.08. The number of furan rings is 1. The number of aromatic carboxylic acids is 1. The number of anilines is 1. The standard InChI is InChI=1S/C13H14ClNO5/c1-3-6-8-10(20-9(6)12(18)19)15-5-7(11(16)17)13(8,14)4-2/h5,15H,3-4H2,1-2H3,(H,16,17)(H,18,19). The Morgan fingerprint density at radius 1 is 1.35 bits per heavy atom. The highest BCUT2D eigenvalue weighted by Crippen LogP contribution is 2.49. The van der Waals surface area contributed by atoms with E-state index < -0.39 is 16.8 Å². The minimum Gasteiger partial charge on any atom is -0.478 e. The molecular formula is C13H14ClNO5. The van der Waals surface area contributed by atoms with Gasteiger partial charge < -0.3 is 19.9 Å². The zero-order valence-electron chi connectivity index (χ0n) is 11.0. The first kappa shape index (κ1) is 14.5. The van der Waals surface area contributed by atoms with E-state index in [0.717, 1.165) is 0 Å². The molecule has 1 aliphatic heterocycles. The molecule has 2 rings (SSSR count). The lowest BCUT2D eigenvalue weighted by Gasteiger charge is -2.30. The van der Waals surface area contributed by atoms with Crippen molar-refractivity contribution in [2.24, 2.45) is 0 Å². The molecule has 0 bridgehead atoms. The fourth-order valence-corrected chi connectivity index (χ4v) is 2.82. The minimum atomic E-state index is -1.30. The Balaban J connectivity index is 2.72. The number of hydrogen-bond donors (Lipinski definition) is 3. The van der Waals surface area contributed by atoms with Crippen molar-refractivity contribution in [3.63, 3.8) is 0 Å². The van der Waals surface area contributed by atoms with Gasteiger partial charge in [0, 0.05) is 17.3 Å². The lowest BCUT2D eigenvalue weighted by atomic mass is 9.84. The van der Waals surface area contributed by atoms with Crippen LogP contribution in [0.5, 0.6) is 0 Å². The summed E-state index contributed by atoms with van der Waals surface area (Å²) in [6.07, 6.45) is 1.92. The maximum atomic E-state index is 11.3. The molecule has 1 atom stereocenters. The molecule has 0 radical (unpaired) electrons. The van der Waals surface area contributed by atoms with Crippen LogP contribution in [0.4, 0.5) is 5.88 Å². The van der Waals surface area contributed by atoms with Gasteiger partial charge in [0.25, 0.3) is 0 Å². The highest BCUT2D eigenvalue weighted by molar-refractivity contribution is 6.29. The number of fused-ring (bicyclic) bond motifs is 1. The number of aliphatic carboxylic acids is 1. The maximum absolute atomic E-state index is 11.3. The summed E-state index contributed by atoms with van der Waals surface area (Å²) in [6, 6.07) is 0. The second-order valence-electron chi connectivity index (χ2n) is 4.43. The Hall–Kier alpha value is -1.95. The van der Waals surface area contributed by atoms with Crippen molar-refractivity contribution >= 4 is 29.4 Å². The average molecular weight is 300 g/mol. The molecule has 0 fully saturated rings. The van der Waals surface area contributed by atoms with E-state index in [9.17, 15) is 14.7 Å². The van der Waals surface area contributed by atoms with Gasteiger partial charge in [0.1, 0.15) is 4.87 Å². The van der Waals surface area contributed by atoms with E-state index in [1.165, 1.54) is 6.20 Å². The highest BCUT2D eigenvalue weighted by atomic mass is 35.5. The summed E-state index contributed by atoms with van der Waals surface area (Å²) in [7, 11) is 0. The number of alkyl halides is 1. The molecule has 0 saturated carbocycles. The average Bonchev–Trinajstić information content (AvgIpc) is 2.78. The molecule has 3 N–H and O–H groups in total. The van der Waals surface area contributed by atoms with Gasteiger partial charge in [-0.25, -0.2) is 9.59 Å². The first-order valence-electron chi connectivity index (χ1n) is 6.15. The van der Waals surface area contributed by atoms with Crippen LogP contribution in [0.3, 0.4) is 0 Å². The van der Waals surface area contributed by atoms with Gasteiger partial charge in [0.05, 0.1) is 5.57 Å². The SMILES string of the molecule is CCc1c(C(=O)O)oc2c1C(Cl)(CC)C(C(=O)O)=CN2. The van der Waals surface area contributed by atoms with Crippen LogP contribution in [0.25, 0.3) is 0 Å². The van der Waals surface area contributed by atoms with E-state index in [-0.39, 0.29) is 17.2 Å². The van der Waals surface area contributed by atoms with Crippen LogP contribution in [0.15, 0.2) is 16.2 Å². The summed E-state index contributed by atoms with van der Waals surface area (Å²) in [4.78, 5) is 21.3. The fraction of sp³-hybridized carbons (Fsp3) is 0.385. The third-order valence-corrected chi connectivity index (χ3v) is 4.10. The summed E-state index contributed by atoms with van der Waals surface area (Å²) in [5, 5.41) is 21.1. The first-order valence-corrected chi connectivity index (χ1v) is 6.53. The zero-order valence-corrected chi connectivity index (χ0v) is 11.7. The second kappa shape index (κ2) is 4.86. The Morgan fingerprint density at radius 3 is 2.45 bits per heavy atom. The van der Waals surface area contributed by atoms with E-state index in [1.807, 2.05) is 0 Å². The highest BCUT2D eigenvalue weighted by Gasteiger charge is 2.45. The van der Waals surface area contributed by atoms with Gasteiger partial charge in [0.2, 0.25) is 11.6 Å². The fourth-order valence-electron chi connectivity index (χ4n) is 2.48.